The zero-order valence-corrected chi connectivity index (χ0v) is 12.3. The summed E-state index contributed by atoms with van der Waals surface area (Å²) in [6, 6.07) is 2.15. The van der Waals surface area contributed by atoms with Crippen molar-refractivity contribution in [2.75, 3.05) is 26.3 Å². The first-order valence-corrected chi connectivity index (χ1v) is 8.08. The van der Waals surface area contributed by atoms with Crippen molar-refractivity contribution in [3.8, 4) is 0 Å². The van der Waals surface area contributed by atoms with Crippen LogP contribution in [0.15, 0.2) is 6.07 Å². The fraction of sp³-hybridized carbons (Fsp3) is 0.667. The zero-order chi connectivity index (χ0) is 13.2. The van der Waals surface area contributed by atoms with Gasteiger partial charge in [0.2, 0.25) is 0 Å². The Kier molecular flexibility index (Phi) is 3.89. The van der Waals surface area contributed by atoms with Crippen LogP contribution in [-0.2, 0) is 17.6 Å². The first kappa shape index (κ1) is 13.1. The number of aryl methyl sites for hydroxylation is 1. The number of nitrogens with zero attached hydrogens (tertiary/aromatic N) is 1. The molecule has 0 bridgehead atoms. The molecule has 19 heavy (non-hydrogen) atoms. The Morgan fingerprint density at radius 3 is 3.00 bits per heavy atom. The van der Waals surface area contributed by atoms with Gasteiger partial charge in [-0.3, -0.25) is 4.79 Å². The molecule has 4 heteroatoms. The molecule has 0 radical (unpaired) electrons. The minimum atomic E-state index is 0.204. The number of morpholine rings is 1. The van der Waals surface area contributed by atoms with Crippen molar-refractivity contribution in [2.45, 2.75) is 32.6 Å². The summed E-state index contributed by atoms with van der Waals surface area (Å²) in [7, 11) is 0. The van der Waals surface area contributed by atoms with E-state index in [2.05, 4.69) is 13.0 Å². The van der Waals surface area contributed by atoms with Crippen LogP contribution < -0.4 is 0 Å². The van der Waals surface area contributed by atoms with Crippen molar-refractivity contribution in [2.24, 2.45) is 5.92 Å². The number of hydrogen-bond donors (Lipinski definition) is 0. The topological polar surface area (TPSA) is 29.5 Å². The number of ether oxygens (including phenoxy) is 1. The van der Waals surface area contributed by atoms with Gasteiger partial charge in [-0.2, -0.15) is 0 Å². The Labute approximate surface area is 118 Å². The van der Waals surface area contributed by atoms with Crippen molar-refractivity contribution in [3.05, 3.63) is 21.4 Å². The van der Waals surface area contributed by atoms with E-state index < -0.39 is 0 Å². The van der Waals surface area contributed by atoms with Crippen LogP contribution in [0.25, 0.3) is 0 Å². The van der Waals surface area contributed by atoms with Gasteiger partial charge in [-0.25, -0.2) is 0 Å². The van der Waals surface area contributed by atoms with Crippen LogP contribution in [0, 0.1) is 5.92 Å². The molecule has 3 rings (SSSR count). The zero-order valence-electron chi connectivity index (χ0n) is 11.5. The minimum Gasteiger partial charge on any atom is -0.378 e. The molecular weight excluding hydrogens is 258 g/mol. The van der Waals surface area contributed by atoms with Crippen molar-refractivity contribution in [1.29, 1.82) is 0 Å². The second kappa shape index (κ2) is 5.63. The molecule has 1 aliphatic carbocycles. The maximum absolute atomic E-state index is 12.4. The largest absolute Gasteiger partial charge is 0.378 e. The predicted molar refractivity (Wildman–Crippen MR) is 76.8 cm³/mol. The van der Waals surface area contributed by atoms with E-state index >= 15 is 0 Å². The molecule has 1 atom stereocenters. The SMILES string of the molecule is CC[C@@H]1CCc2sc(C(=O)N3CCOCC3)cc2C1. The second-order valence-corrected chi connectivity index (χ2v) is 6.62. The molecule has 1 aromatic rings. The predicted octanol–water partition coefficient (Wildman–Crippen LogP) is 2.74. The molecule has 0 unspecified atom stereocenters. The standard InChI is InChI=1S/C15H21NO2S/c1-2-11-3-4-13-12(9-11)10-14(19-13)15(17)16-5-7-18-8-6-16/h10-11H,2-9H2,1H3/t11-/m1/s1. The van der Waals surface area contributed by atoms with E-state index in [1.54, 1.807) is 11.3 Å². The van der Waals surface area contributed by atoms with E-state index in [0.29, 0.717) is 13.2 Å². The first-order chi connectivity index (χ1) is 9.28. The Morgan fingerprint density at radius 2 is 2.26 bits per heavy atom. The van der Waals surface area contributed by atoms with Crippen LogP contribution in [0.5, 0.6) is 0 Å². The summed E-state index contributed by atoms with van der Waals surface area (Å²) in [6.45, 7) is 5.09. The lowest BCUT2D eigenvalue weighted by Crippen LogP contribution is -2.40. The van der Waals surface area contributed by atoms with Gasteiger partial charge in [0, 0.05) is 18.0 Å². The second-order valence-electron chi connectivity index (χ2n) is 5.48. The van der Waals surface area contributed by atoms with Gasteiger partial charge >= 0.3 is 0 Å². The first-order valence-electron chi connectivity index (χ1n) is 7.26. The number of carbonyl (C=O) groups excluding carboxylic acids is 1. The average Bonchev–Trinajstić information content (AvgIpc) is 2.90. The third kappa shape index (κ3) is 2.70. The van der Waals surface area contributed by atoms with Crippen LogP contribution >= 0.6 is 11.3 Å². The average molecular weight is 279 g/mol. The normalized spacial score (nSPS) is 23.2. The lowest BCUT2D eigenvalue weighted by Gasteiger charge is -2.26. The van der Waals surface area contributed by atoms with Crippen molar-refractivity contribution in [1.82, 2.24) is 4.90 Å². The number of fused-ring (bicyclic) bond motifs is 1. The number of thiophene rings is 1. The van der Waals surface area contributed by atoms with Crippen LogP contribution in [0.4, 0.5) is 0 Å². The Morgan fingerprint density at radius 1 is 1.47 bits per heavy atom. The van der Waals surface area contributed by atoms with E-state index in [-0.39, 0.29) is 5.91 Å². The Bertz CT molecular complexity index is 463. The lowest BCUT2D eigenvalue weighted by molar-refractivity contribution is 0.0306. The molecule has 0 saturated carbocycles. The summed E-state index contributed by atoms with van der Waals surface area (Å²) in [5.41, 5.74) is 1.43. The van der Waals surface area contributed by atoms with Crippen molar-refractivity contribution >= 4 is 17.2 Å². The molecule has 0 N–H and O–H groups in total. The molecule has 1 saturated heterocycles. The van der Waals surface area contributed by atoms with E-state index in [0.717, 1.165) is 30.3 Å². The summed E-state index contributed by atoms with van der Waals surface area (Å²) in [5.74, 6) is 1.02. The van der Waals surface area contributed by atoms with Gasteiger partial charge in [-0.1, -0.05) is 13.3 Å². The van der Waals surface area contributed by atoms with Gasteiger partial charge in [0.25, 0.3) is 5.91 Å². The Balaban J connectivity index is 1.75. The maximum atomic E-state index is 12.4. The molecule has 0 spiro atoms. The van der Waals surface area contributed by atoms with Crippen LogP contribution in [0.1, 0.15) is 39.9 Å². The number of amides is 1. The monoisotopic (exact) mass is 279 g/mol. The van der Waals surface area contributed by atoms with Gasteiger partial charge in [0.1, 0.15) is 0 Å². The van der Waals surface area contributed by atoms with Crippen molar-refractivity contribution in [3.63, 3.8) is 0 Å². The summed E-state index contributed by atoms with van der Waals surface area (Å²) in [6.07, 6.45) is 4.87. The molecule has 104 valence electrons. The molecule has 3 nitrogen and oxygen atoms in total. The highest BCUT2D eigenvalue weighted by Gasteiger charge is 2.25. The van der Waals surface area contributed by atoms with Gasteiger partial charge in [-0.15, -0.1) is 11.3 Å². The van der Waals surface area contributed by atoms with Gasteiger partial charge in [0.15, 0.2) is 0 Å². The molecule has 1 aliphatic heterocycles. The maximum Gasteiger partial charge on any atom is 0.264 e. The highest BCUT2D eigenvalue weighted by atomic mass is 32.1. The molecule has 2 aliphatic rings. The molecule has 2 heterocycles. The fourth-order valence-corrected chi connectivity index (χ4v) is 4.15. The summed E-state index contributed by atoms with van der Waals surface area (Å²) >= 11 is 1.72. The van der Waals surface area contributed by atoms with Gasteiger partial charge in [0.05, 0.1) is 18.1 Å². The smallest absolute Gasteiger partial charge is 0.264 e. The fourth-order valence-electron chi connectivity index (χ4n) is 2.98. The number of rotatable bonds is 2. The summed E-state index contributed by atoms with van der Waals surface area (Å²) < 4.78 is 5.31. The molecule has 1 fully saturated rings. The highest BCUT2D eigenvalue weighted by molar-refractivity contribution is 7.14. The molecule has 1 amide bonds. The van der Waals surface area contributed by atoms with Crippen LogP contribution in [0.2, 0.25) is 0 Å². The van der Waals surface area contributed by atoms with E-state index in [1.165, 1.54) is 29.7 Å². The van der Waals surface area contributed by atoms with Crippen molar-refractivity contribution < 1.29 is 9.53 Å². The molecule has 1 aromatic heterocycles. The van der Waals surface area contributed by atoms with Gasteiger partial charge in [-0.05, 0) is 36.8 Å². The molecule has 0 aromatic carbocycles. The van der Waals surface area contributed by atoms with Crippen LogP contribution in [0.3, 0.4) is 0 Å². The third-order valence-corrected chi connectivity index (χ3v) is 5.50. The molecular formula is C15H21NO2S. The minimum absolute atomic E-state index is 0.204. The van der Waals surface area contributed by atoms with Gasteiger partial charge < -0.3 is 9.64 Å². The lowest BCUT2D eigenvalue weighted by atomic mass is 9.87. The van der Waals surface area contributed by atoms with Crippen LogP contribution in [-0.4, -0.2) is 37.1 Å². The van der Waals surface area contributed by atoms with E-state index in [1.807, 2.05) is 4.90 Å². The number of hydrogen-bond acceptors (Lipinski definition) is 3. The third-order valence-electron chi connectivity index (χ3n) is 4.27. The summed E-state index contributed by atoms with van der Waals surface area (Å²) in [5, 5.41) is 0. The van der Waals surface area contributed by atoms with E-state index in [4.69, 9.17) is 4.74 Å². The number of carbonyl (C=O) groups is 1. The highest BCUT2D eigenvalue weighted by Crippen LogP contribution is 2.34. The Hall–Kier alpha value is -0.870. The summed E-state index contributed by atoms with van der Waals surface area (Å²) in [4.78, 5) is 16.8. The quantitative estimate of drug-likeness (QED) is 0.833. The van der Waals surface area contributed by atoms with E-state index in [9.17, 15) is 4.79 Å².